The number of carbonyl (C=O) groups excluding carboxylic acids is 1. The third-order valence-corrected chi connectivity index (χ3v) is 4.10. The molecule has 0 radical (unpaired) electrons. The van der Waals surface area contributed by atoms with Crippen molar-refractivity contribution in [1.82, 2.24) is 5.32 Å². The van der Waals surface area contributed by atoms with E-state index in [1.54, 1.807) is 31.2 Å². The Morgan fingerprint density at radius 3 is 2.62 bits per heavy atom. The van der Waals surface area contributed by atoms with Gasteiger partial charge in [0.2, 0.25) is 0 Å². The predicted octanol–water partition coefficient (Wildman–Crippen LogP) is 4.78. The third-order valence-electron chi connectivity index (χ3n) is 3.57. The fourth-order valence-electron chi connectivity index (χ4n) is 2.24. The minimum Gasteiger partial charge on any atom is -0.479 e. The van der Waals surface area contributed by atoms with Crippen molar-refractivity contribution in [2.45, 2.75) is 32.9 Å². The van der Waals surface area contributed by atoms with Crippen molar-refractivity contribution >= 4 is 29.1 Å². The smallest absolute Gasteiger partial charge is 0.261 e. The predicted molar refractivity (Wildman–Crippen MR) is 94.2 cm³/mol. The van der Waals surface area contributed by atoms with Gasteiger partial charge in [0.15, 0.2) is 6.10 Å². The number of hydrogen-bond donors (Lipinski definition) is 1. The van der Waals surface area contributed by atoms with E-state index in [-0.39, 0.29) is 11.7 Å². The Hall–Kier alpha value is -1.78. The number of nitrogens with one attached hydrogen (secondary N) is 1. The summed E-state index contributed by atoms with van der Waals surface area (Å²) >= 11 is 11.9. The summed E-state index contributed by atoms with van der Waals surface area (Å²) in [6.45, 7) is 3.88. The Kier molecular flexibility index (Phi) is 6.46. The molecule has 1 amide bonds. The van der Waals surface area contributed by atoms with Gasteiger partial charge in [-0.25, -0.2) is 4.39 Å². The van der Waals surface area contributed by atoms with E-state index in [2.05, 4.69) is 5.32 Å². The van der Waals surface area contributed by atoms with Gasteiger partial charge >= 0.3 is 0 Å². The Balaban J connectivity index is 1.97. The molecule has 0 bridgehead atoms. The Labute approximate surface area is 150 Å². The van der Waals surface area contributed by atoms with Crippen molar-refractivity contribution in [3.05, 3.63) is 63.4 Å². The zero-order chi connectivity index (χ0) is 17.7. The molecule has 2 aromatic carbocycles. The van der Waals surface area contributed by atoms with Crippen LogP contribution in [0.15, 0.2) is 36.4 Å². The average molecular weight is 370 g/mol. The lowest BCUT2D eigenvalue weighted by Crippen LogP contribution is -2.36. The fourth-order valence-corrected chi connectivity index (χ4v) is 2.69. The van der Waals surface area contributed by atoms with E-state index >= 15 is 0 Å². The van der Waals surface area contributed by atoms with Gasteiger partial charge in [-0.3, -0.25) is 4.79 Å². The summed E-state index contributed by atoms with van der Waals surface area (Å²) in [6, 6.07) is 9.34. The maximum absolute atomic E-state index is 13.2. The molecule has 1 N–H and O–H groups in total. The molecule has 2 rings (SSSR count). The number of rotatable bonds is 6. The van der Waals surface area contributed by atoms with E-state index in [9.17, 15) is 9.18 Å². The number of benzene rings is 2. The van der Waals surface area contributed by atoms with Crippen LogP contribution >= 0.6 is 23.2 Å². The monoisotopic (exact) mass is 369 g/mol. The minimum atomic E-state index is -0.728. The standard InChI is InChI=1S/C18H18Cl2FNO2/c1-3-12-8-15(21)6-4-13(12)10-22-18(23)11(2)24-17-7-5-14(19)9-16(17)20/h4-9,11H,3,10H2,1-2H3,(H,22,23). The van der Waals surface area contributed by atoms with Crippen molar-refractivity contribution in [3.63, 3.8) is 0 Å². The van der Waals surface area contributed by atoms with Crippen molar-refractivity contribution in [3.8, 4) is 5.75 Å². The van der Waals surface area contributed by atoms with Gasteiger partial charge < -0.3 is 10.1 Å². The van der Waals surface area contributed by atoms with Gasteiger partial charge in [-0.05, 0) is 54.8 Å². The molecular formula is C18H18Cl2FNO2. The summed E-state index contributed by atoms with van der Waals surface area (Å²) < 4.78 is 18.8. The second kappa shape index (κ2) is 8.36. The number of carbonyl (C=O) groups is 1. The van der Waals surface area contributed by atoms with Crippen LogP contribution in [0, 0.1) is 5.82 Å². The Bertz CT molecular complexity index is 737. The Morgan fingerprint density at radius 2 is 1.96 bits per heavy atom. The lowest BCUT2D eigenvalue weighted by atomic mass is 10.1. The minimum absolute atomic E-state index is 0.281. The summed E-state index contributed by atoms with van der Waals surface area (Å²) in [6.07, 6.45) is -0.0377. The summed E-state index contributed by atoms with van der Waals surface area (Å²) in [5, 5.41) is 3.62. The van der Waals surface area contributed by atoms with Gasteiger partial charge in [0.1, 0.15) is 11.6 Å². The molecule has 0 fully saturated rings. The molecule has 0 aliphatic heterocycles. The molecule has 2 aromatic rings. The van der Waals surface area contributed by atoms with Gasteiger partial charge in [-0.2, -0.15) is 0 Å². The zero-order valence-corrected chi connectivity index (χ0v) is 14.9. The molecule has 0 saturated heterocycles. The normalized spacial score (nSPS) is 11.9. The highest BCUT2D eigenvalue weighted by Gasteiger charge is 2.16. The molecule has 1 unspecified atom stereocenters. The van der Waals surface area contributed by atoms with Crippen molar-refractivity contribution in [2.75, 3.05) is 0 Å². The van der Waals surface area contributed by atoms with Gasteiger partial charge in [-0.1, -0.05) is 36.2 Å². The van der Waals surface area contributed by atoms with Crippen molar-refractivity contribution in [2.24, 2.45) is 0 Å². The van der Waals surface area contributed by atoms with Crippen LogP contribution < -0.4 is 10.1 Å². The highest BCUT2D eigenvalue weighted by molar-refractivity contribution is 6.35. The first kappa shape index (κ1) is 18.6. The van der Waals surface area contributed by atoms with Gasteiger partial charge in [0.05, 0.1) is 5.02 Å². The number of ether oxygens (including phenoxy) is 1. The van der Waals surface area contributed by atoms with Crippen LogP contribution in [0.3, 0.4) is 0 Å². The van der Waals surface area contributed by atoms with Gasteiger partial charge in [0, 0.05) is 11.6 Å². The van der Waals surface area contributed by atoms with Crippen LogP contribution in [0.5, 0.6) is 5.75 Å². The summed E-state index contributed by atoms with van der Waals surface area (Å²) in [5.41, 5.74) is 1.74. The largest absolute Gasteiger partial charge is 0.479 e. The van der Waals surface area contributed by atoms with E-state index in [1.807, 2.05) is 6.92 Å². The summed E-state index contributed by atoms with van der Waals surface area (Å²) in [5.74, 6) is -0.178. The SMILES string of the molecule is CCc1cc(F)ccc1CNC(=O)C(C)Oc1ccc(Cl)cc1Cl. The molecule has 0 heterocycles. The molecule has 0 aliphatic carbocycles. The molecule has 0 aromatic heterocycles. The van der Waals surface area contributed by atoms with Crippen molar-refractivity contribution in [1.29, 1.82) is 0 Å². The van der Waals surface area contributed by atoms with Crippen LogP contribution in [-0.4, -0.2) is 12.0 Å². The molecule has 24 heavy (non-hydrogen) atoms. The van der Waals surface area contributed by atoms with Gasteiger partial charge in [0.25, 0.3) is 5.91 Å². The van der Waals surface area contributed by atoms with E-state index in [0.29, 0.717) is 28.8 Å². The highest BCUT2D eigenvalue weighted by atomic mass is 35.5. The highest BCUT2D eigenvalue weighted by Crippen LogP contribution is 2.28. The van der Waals surface area contributed by atoms with Gasteiger partial charge in [-0.15, -0.1) is 0 Å². The zero-order valence-electron chi connectivity index (χ0n) is 13.4. The Morgan fingerprint density at radius 1 is 1.21 bits per heavy atom. The summed E-state index contributed by atoms with van der Waals surface area (Å²) in [4.78, 5) is 12.2. The van der Waals surface area contributed by atoms with E-state index in [4.69, 9.17) is 27.9 Å². The molecule has 128 valence electrons. The number of amides is 1. The first-order chi connectivity index (χ1) is 11.4. The number of aryl methyl sites for hydroxylation is 1. The van der Waals surface area contributed by atoms with E-state index in [1.165, 1.54) is 12.1 Å². The van der Waals surface area contributed by atoms with Crippen LogP contribution in [0.4, 0.5) is 4.39 Å². The number of halogens is 3. The van der Waals surface area contributed by atoms with Crippen LogP contribution in [-0.2, 0) is 17.8 Å². The molecule has 0 spiro atoms. The lowest BCUT2D eigenvalue weighted by molar-refractivity contribution is -0.127. The topological polar surface area (TPSA) is 38.3 Å². The average Bonchev–Trinajstić information content (AvgIpc) is 2.55. The lowest BCUT2D eigenvalue weighted by Gasteiger charge is -2.16. The first-order valence-electron chi connectivity index (χ1n) is 7.57. The van der Waals surface area contributed by atoms with Crippen LogP contribution in [0.1, 0.15) is 25.0 Å². The van der Waals surface area contributed by atoms with Crippen LogP contribution in [0.2, 0.25) is 10.0 Å². The molecule has 6 heteroatoms. The number of hydrogen-bond acceptors (Lipinski definition) is 2. The maximum Gasteiger partial charge on any atom is 0.261 e. The van der Waals surface area contributed by atoms with Crippen molar-refractivity contribution < 1.29 is 13.9 Å². The summed E-state index contributed by atoms with van der Waals surface area (Å²) in [7, 11) is 0. The maximum atomic E-state index is 13.2. The molecular weight excluding hydrogens is 352 g/mol. The van der Waals surface area contributed by atoms with Crippen LogP contribution in [0.25, 0.3) is 0 Å². The molecule has 0 saturated carbocycles. The van der Waals surface area contributed by atoms with E-state index < -0.39 is 6.10 Å². The third kappa shape index (κ3) is 4.86. The molecule has 0 aliphatic rings. The first-order valence-corrected chi connectivity index (χ1v) is 8.33. The quantitative estimate of drug-likeness (QED) is 0.795. The van der Waals surface area contributed by atoms with E-state index in [0.717, 1.165) is 11.1 Å². The molecule has 1 atom stereocenters. The molecule has 3 nitrogen and oxygen atoms in total. The second-order valence-electron chi connectivity index (χ2n) is 5.32. The fraction of sp³-hybridized carbons (Fsp3) is 0.278. The second-order valence-corrected chi connectivity index (χ2v) is 6.16.